The number of nitrogens with zero attached hydrogens (tertiary/aromatic N) is 1. The molecule has 0 radical (unpaired) electrons. The smallest absolute Gasteiger partial charge is 0.187 e. The third kappa shape index (κ3) is 9.65. The van der Waals surface area contributed by atoms with E-state index in [-0.39, 0.29) is 19.1 Å². The predicted molar refractivity (Wildman–Crippen MR) is 177 cm³/mol. The first-order valence-corrected chi connectivity index (χ1v) is 17.8. The lowest BCUT2D eigenvalue weighted by atomic mass is 9.89. The molecular formula is C34H55NO18. The number of benzene rings is 1. The molecule has 1 aromatic rings. The number of morpholine rings is 1. The minimum absolute atomic E-state index is 0.178. The van der Waals surface area contributed by atoms with E-state index in [4.69, 9.17) is 37.9 Å². The minimum Gasteiger partial charge on any atom is -0.496 e. The molecule has 0 spiro atoms. The van der Waals surface area contributed by atoms with Crippen molar-refractivity contribution in [2.24, 2.45) is 5.92 Å². The first-order valence-electron chi connectivity index (χ1n) is 17.8. The van der Waals surface area contributed by atoms with Crippen molar-refractivity contribution >= 4 is 0 Å². The monoisotopic (exact) mass is 765 g/mol. The summed E-state index contributed by atoms with van der Waals surface area (Å²) in [6.45, 7) is 2.22. The molecule has 304 valence electrons. The Bertz CT molecular complexity index is 1260. The van der Waals surface area contributed by atoms with Crippen LogP contribution in [0.25, 0.3) is 0 Å². The average molecular weight is 766 g/mol. The largest absolute Gasteiger partial charge is 0.496 e. The maximum atomic E-state index is 11.4. The van der Waals surface area contributed by atoms with Crippen LogP contribution in [0.2, 0.25) is 0 Å². The zero-order valence-electron chi connectivity index (χ0n) is 29.8. The number of aliphatic hydroxyl groups excluding tert-OH is 10. The number of ether oxygens (including phenoxy) is 8. The summed E-state index contributed by atoms with van der Waals surface area (Å²) >= 11 is 0. The molecule has 19 heteroatoms. The molecule has 0 aliphatic carbocycles. The summed E-state index contributed by atoms with van der Waals surface area (Å²) in [5, 5.41) is 105. The Hall–Kier alpha value is -1.70. The van der Waals surface area contributed by atoms with Gasteiger partial charge in [0.1, 0.15) is 79.0 Å². The fourth-order valence-corrected chi connectivity index (χ4v) is 7.12. The van der Waals surface area contributed by atoms with Crippen LogP contribution < -0.4 is 4.74 Å². The maximum Gasteiger partial charge on any atom is 0.187 e. The molecule has 17 unspecified atom stereocenters. The van der Waals surface area contributed by atoms with E-state index in [1.165, 1.54) is 0 Å². The van der Waals surface area contributed by atoms with E-state index in [2.05, 4.69) is 0 Å². The van der Waals surface area contributed by atoms with Crippen LogP contribution in [0.3, 0.4) is 0 Å². The molecule has 4 aliphatic rings. The van der Waals surface area contributed by atoms with Crippen LogP contribution in [0.15, 0.2) is 24.3 Å². The van der Waals surface area contributed by atoms with Gasteiger partial charge < -0.3 is 89.0 Å². The van der Waals surface area contributed by atoms with Gasteiger partial charge in [0.2, 0.25) is 0 Å². The standard InChI is InChI=1S/C34H55NO18/c1-15(2)30-28(44)31(53-34-27(43)26(42)23(39)19(12-37)51-34)25(41)21(49-30)14-47-33-29(45)32(24(40)20(13-38)50-33)52-22-10-35(9-17(11-36)48-22)8-16-6-4-5-7-18(16)46-3/h4-7,15,17,19-34,36-45H,8-14H2,1-3H3. The summed E-state index contributed by atoms with van der Waals surface area (Å²) in [5.74, 6) is 0.330. The SMILES string of the molecule is COc1ccccc1CN1CC(CO)OC(OC2C(O)C(CO)OC(OCC3OC(C(C)C)C(O)C(OC4OC(CO)C(O)C(O)C4O)C3O)C2O)C1. The minimum atomic E-state index is -1.80. The lowest BCUT2D eigenvalue weighted by Crippen LogP contribution is -2.65. The highest BCUT2D eigenvalue weighted by Crippen LogP contribution is 2.33. The Morgan fingerprint density at radius 2 is 1.32 bits per heavy atom. The molecule has 17 atom stereocenters. The van der Waals surface area contributed by atoms with Crippen LogP contribution in [0, 0.1) is 5.92 Å². The molecule has 4 aliphatic heterocycles. The van der Waals surface area contributed by atoms with E-state index >= 15 is 0 Å². The lowest BCUT2D eigenvalue weighted by Gasteiger charge is -2.48. The van der Waals surface area contributed by atoms with Crippen LogP contribution in [0.5, 0.6) is 5.75 Å². The summed E-state index contributed by atoms with van der Waals surface area (Å²) in [5.41, 5.74) is 0.882. The fourth-order valence-electron chi connectivity index (χ4n) is 7.12. The predicted octanol–water partition coefficient (Wildman–Crippen LogP) is -4.61. The molecule has 0 saturated carbocycles. The van der Waals surface area contributed by atoms with Gasteiger partial charge in [0.05, 0.1) is 45.7 Å². The average Bonchev–Trinajstić information content (AvgIpc) is 3.15. The van der Waals surface area contributed by atoms with E-state index in [1.54, 1.807) is 21.0 Å². The first-order chi connectivity index (χ1) is 25.3. The topological polar surface area (TPSA) is 279 Å². The quantitative estimate of drug-likeness (QED) is 0.0853. The maximum absolute atomic E-state index is 11.4. The van der Waals surface area contributed by atoms with Crippen molar-refractivity contribution in [1.29, 1.82) is 0 Å². The lowest BCUT2D eigenvalue weighted by molar-refractivity contribution is -0.354. The molecule has 5 rings (SSSR count). The van der Waals surface area contributed by atoms with Gasteiger partial charge in [0, 0.05) is 25.2 Å². The van der Waals surface area contributed by atoms with Gasteiger partial charge in [0.15, 0.2) is 18.9 Å². The number of rotatable bonds is 14. The van der Waals surface area contributed by atoms with Crippen molar-refractivity contribution in [2.45, 2.75) is 125 Å². The van der Waals surface area contributed by atoms with Crippen molar-refractivity contribution in [1.82, 2.24) is 4.90 Å². The highest BCUT2D eigenvalue weighted by Gasteiger charge is 2.52. The number of aliphatic hydroxyl groups is 10. The second kappa shape index (κ2) is 19.0. The molecule has 10 N–H and O–H groups in total. The van der Waals surface area contributed by atoms with Crippen LogP contribution >= 0.6 is 0 Å². The zero-order valence-corrected chi connectivity index (χ0v) is 29.8. The second-order valence-electron chi connectivity index (χ2n) is 14.2. The van der Waals surface area contributed by atoms with E-state index in [0.29, 0.717) is 18.8 Å². The third-order valence-corrected chi connectivity index (χ3v) is 10.1. The Kier molecular flexibility index (Phi) is 15.2. The van der Waals surface area contributed by atoms with Crippen molar-refractivity contribution in [3.8, 4) is 5.75 Å². The third-order valence-electron chi connectivity index (χ3n) is 10.1. The summed E-state index contributed by atoms with van der Waals surface area (Å²) in [6, 6.07) is 7.44. The van der Waals surface area contributed by atoms with Gasteiger partial charge in [-0.3, -0.25) is 4.90 Å². The van der Waals surface area contributed by atoms with E-state index < -0.39 is 124 Å². The van der Waals surface area contributed by atoms with Gasteiger partial charge in [-0.05, 0) is 12.0 Å². The fraction of sp³-hybridized carbons (Fsp3) is 0.824. The Balaban J connectivity index is 1.27. The van der Waals surface area contributed by atoms with Gasteiger partial charge in [0.25, 0.3) is 0 Å². The molecule has 0 aromatic heterocycles. The Morgan fingerprint density at radius 1 is 0.679 bits per heavy atom. The van der Waals surface area contributed by atoms with Gasteiger partial charge in [-0.25, -0.2) is 0 Å². The summed E-state index contributed by atoms with van der Waals surface area (Å²) in [4.78, 5) is 1.96. The molecular weight excluding hydrogens is 710 g/mol. The number of methoxy groups -OCH3 is 1. The van der Waals surface area contributed by atoms with Crippen molar-refractivity contribution < 1.29 is 89.0 Å². The molecule has 0 bridgehead atoms. The van der Waals surface area contributed by atoms with Crippen molar-refractivity contribution in [2.75, 3.05) is 46.6 Å². The summed E-state index contributed by atoms with van der Waals surface area (Å²) < 4.78 is 46.2. The molecule has 4 fully saturated rings. The number of hydrogen-bond donors (Lipinski definition) is 10. The van der Waals surface area contributed by atoms with E-state index in [1.807, 2.05) is 29.2 Å². The highest BCUT2D eigenvalue weighted by molar-refractivity contribution is 5.33. The molecule has 0 amide bonds. The van der Waals surface area contributed by atoms with Crippen molar-refractivity contribution in [3.63, 3.8) is 0 Å². The van der Waals surface area contributed by atoms with Gasteiger partial charge in [-0.15, -0.1) is 0 Å². The van der Waals surface area contributed by atoms with Gasteiger partial charge in [-0.2, -0.15) is 0 Å². The normalized spacial score (nSPS) is 42.9. The highest BCUT2D eigenvalue weighted by atomic mass is 16.7. The second-order valence-corrected chi connectivity index (χ2v) is 14.2. The Morgan fingerprint density at radius 3 is 1.98 bits per heavy atom. The van der Waals surface area contributed by atoms with Crippen LogP contribution in [-0.2, 0) is 39.7 Å². The summed E-state index contributed by atoms with van der Waals surface area (Å²) in [6.07, 6.45) is -24.1. The molecule has 4 saturated heterocycles. The zero-order chi connectivity index (χ0) is 38.6. The number of hydrogen-bond acceptors (Lipinski definition) is 19. The molecule has 1 aromatic carbocycles. The van der Waals surface area contributed by atoms with Crippen LogP contribution in [0.1, 0.15) is 19.4 Å². The van der Waals surface area contributed by atoms with Gasteiger partial charge >= 0.3 is 0 Å². The molecule has 53 heavy (non-hydrogen) atoms. The summed E-state index contributed by atoms with van der Waals surface area (Å²) in [7, 11) is 1.56. The number of para-hydroxylation sites is 1. The van der Waals surface area contributed by atoms with Crippen LogP contribution in [-0.4, -0.2) is 207 Å². The van der Waals surface area contributed by atoms with E-state index in [9.17, 15) is 51.1 Å². The van der Waals surface area contributed by atoms with Crippen molar-refractivity contribution in [3.05, 3.63) is 29.8 Å². The van der Waals surface area contributed by atoms with E-state index in [0.717, 1.165) is 5.56 Å². The van der Waals surface area contributed by atoms with Crippen LogP contribution in [0.4, 0.5) is 0 Å². The Labute approximate surface area is 306 Å². The first kappa shape index (κ1) is 42.4. The van der Waals surface area contributed by atoms with Gasteiger partial charge in [-0.1, -0.05) is 32.0 Å². The molecule has 4 heterocycles. The molecule has 19 nitrogen and oxygen atoms in total.